The molecule has 4 nitrogen and oxygen atoms in total. The Labute approximate surface area is 168 Å². The summed E-state index contributed by atoms with van der Waals surface area (Å²) < 4.78 is 0. The van der Waals surface area contributed by atoms with Gasteiger partial charge in [0.2, 0.25) is 0 Å². The standard InChI is InChI=1S/C23H20N2O2S/c1-3-24(17-11-5-4-6-12-17)21-20(19-14-9-15-28-19)22(26)25(23(21)27)18-13-8-7-10-16(18)2/h4-15H,3H2,1-2H3. The van der Waals surface area contributed by atoms with E-state index in [2.05, 4.69) is 0 Å². The third-order valence-electron chi connectivity index (χ3n) is 4.84. The molecule has 0 unspecified atom stereocenters. The molecule has 0 saturated heterocycles. The first kappa shape index (κ1) is 18.2. The second-order valence-corrected chi connectivity index (χ2v) is 7.46. The van der Waals surface area contributed by atoms with Gasteiger partial charge in [-0.3, -0.25) is 9.59 Å². The van der Waals surface area contributed by atoms with Gasteiger partial charge in [-0.15, -0.1) is 11.3 Å². The molecule has 1 aromatic heterocycles. The summed E-state index contributed by atoms with van der Waals surface area (Å²) in [5.41, 5.74) is 3.31. The molecule has 2 aromatic carbocycles. The van der Waals surface area contributed by atoms with Crippen LogP contribution in [0.2, 0.25) is 0 Å². The SMILES string of the molecule is CCN(C1=C(c2cccs2)C(=O)N(c2ccccc2C)C1=O)c1ccccc1. The van der Waals surface area contributed by atoms with Crippen LogP contribution in [0.15, 0.2) is 77.8 Å². The number of aryl methyl sites for hydroxylation is 1. The van der Waals surface area contributed by atoms with Gasteiger partial charge < -0.3 is 4.90 Å². The number of nitrogens with zero attached hydrogens (tertiary/aromatic N) is 2. The average molecular weight is 388 g/mol. The Morgan fingerprint density at radius 2 is 1.61 bits per heavy atom. The zero-order valence-electron chi connectivity index (χ0n) is 15.8. The number of benzene rings is 2. The molecule has 1 aliphatic rings. The van der Waals surface area contributed by atoms with Gasteiger partial charge in [0.05, 0.1) is 11.3 Å². The fraction of sp³-hybridized carbons (Fsp3) is 0.130. The fourth-order valence-corrected chi connectivity index (χ4v) is 4.29. The zero-order chi connectivity index (χ0) is 19.7. The Morgan fingerprint density at radius 1 is 0.893 bits per heavy atom. The van der Waals surface area contributed by atoms with E-state index in [1.54, 1.807) is 0 Å². The van der Waals surface area contributed by atoms with E-state index in [1.165, 1.54) is 16.2 Å². The summed E-state index contributed by atoms with van der Waals surface area (Å²) in [6, 6.07) is 21.0. The van der Waals surface area contributed by atoms with Crippen molar-refractivity contribution >= 4 is 40.1 Å². The summed E-state index contributed by atoms with van der Waals surface area (Å²) in [5, 5.41) is 1.92. The maximum absolute atomic E-state index is 13.6. The van der Waals surface area contributed by atoms with E-state index in [0.29, 0.717) is 23.5 Å². The lowest BCUT2D eigenvalue weighted by molar-refractivity contribution is -0.120. The van der Waals surface area contributed by atoms with Gasteiger partial charge in [0, 0.05) is 17.1 Å². The molecule has 140 valence electrons. The number of anilines is 2. The molecule has 4 rings (SSSR count). The maximum atomic E-state index is 13.6. The highest BCUT2D eigenvalue weighted by Crippen LogP contribution is 2.38. The number of thiophene rings is 1. The fourth-order valence-electron chi connectivity index (χ4n) is 3.52. The average Bonchev–Trinajstić information content (AvgIpc) is 3.31. The lowest BCUT2D eigenvalue weighted by Gasteiger charge is -2.25. The number of carbonyl (C=O) groups excluding carboxylic acids is 2. The predicted octanol–water partition coefficient (Wildman–Crippen LogP) is 4.87. The minimum atomic E-state index is -0.284. The van der Waals surface area contributed by atoms with Crippen LogP contribution in [0, 0.1) is 6.92 Å². The van der Waals surface area contributed by atoms with E-state index in [9.17, 15) is 9.59 Å². The summed E-state index contributed by atoms with van der Waals surface area (Å²) in [6.07, 6.45) is 0. The minimum Gasteiger partial charge on any atom is -0.337 e. The van der Waals surface area contributed by atoms with Crippen LogP contribution in [0.25, 0.3) is 5.57 Å². The molecule has 2 heterocycles. The van der Waals surface area contributed by atoms with Crippen molar-refractivity contribution in [1.29, 1.82) is 0 Å². The number of carbonyl (C=O) groups is 2. The van der Waals surface area contributed by atoms with Crippen molar-refractivity contribution in [3.63, 3.8) is 0 Å². The van der Waals surface area contributed by atoms with E-state index in [-0.39, 0.29) is 11.8 Å². The number of amides is 2. The van der Waals surface area contributed by atoms with Gasteiger partial charge in [-0.2, -0.15) is 0 Å². The van der Waals surface area contributed by atoms with E-state index in [1.807, 2.05) is 90.9 Å². The predicted molar refractivity (Wildman–Crippen MR) is 114 cm³/mol. The largest absolute Gasteiger partial charge is 0.337 e. The molecule has 0 saturated carbocycles. The van der Waals surface area contributed by atoms with E-state index >= 15 is 0 Å². The first-order valence-electron chi connectivity index (χ1n) is 9.18. The van der Waals surface area contributed by atoms with Gasteiger partial charge >= 0.3 is 0 Å². The van der Waals surface area contributed by atoms with Crippen LogP contribution in [0.1, 0.15) is 17.4 Å². The smallest absolute Gasteiger partial charge is 0.282 e. The van der Waals surface area contributed by atoms with Crippen molar-refractivity contribution in [1.82, 2.24) is 0 Å². The monoisotopic (exact) mass is 388 g/mol. The van der Waals surface area contributed by atoms with Gasteiger partial charge in [-0.1, -0.05) is 42.5 Å². The third-order valence-corrected chi connectivity index (χ3v) is 5.72. The molecule has 2 amide bonds. The van der Waals surface area contributed by atoms with E-state index in [0.717, 1.165) is 16.1 Å². The molecular weight excluding hydrogens is 368 g/mol. The number of hydrogen-bond donors (Lipinski definition) is 0. The van der Waals surface area contributed by atoms with Crippen LogP contribution < -0.4 is 9.80 Å². The minimum absolute atomic E-state index is 0.272. The van der Waals surface area contributed by atoms with Crippen molar-refractivity contribution in [2.45, 2.75) is 13.8 Å². The molecule has 0 bridgehead atoms. The van der Waals surface area contributed by atoms with Gasteiger partial charge in [0.25, 0.3) is 11.8 Å². The van der Waals surface area contributed by atoms with Crippen molar-refractivity contribution in [2.75, 3.05) is 16.3 Å². The molecule has 0 spiro atoms. The van der Waals surface area contributed by atoms with Crippen molar-refractivity contribution < 1.29 is 9.59 Å². The number of imide groups is 1. The highest BCUT2D eigenvalue weighted by atomic mass is 32.1. The first-order valence-corrected chi connectivity index (χ1v) is 10.1. The molecule has 0 radical (unpaired) electrons. The molecule has 0 aliphatic carbocycles. The highest BCUT2D eigenvalue weighted by Gasteiger charge is 2.43. The summed E-state index contributed by atoms with van der Waals surface area (Å²) in [6.45, 7) is 4.47. The van der Waals surface area contributed by atoms with Crippen LogP contribution >= 0.6 is 11.3 Å². The molecule has 0 N–H and O–H groups in total. The second kappa shape index (κ2) is 7.44. The Kier molecular flexibility index (Phi) is 4.84. The van der Waals surface area contributed by atoms with Crippen LogP contribution in [0.3, 0.4) is 0 Å². The second-order valence-electron chi connectivity index (χ2n) is 6.51. The van der Waals surface area contributed by atoms with Gasteiger partial charge in [0.15, 0.2) is 0 Å². The van der Waals surface area contributed by atoms with Crippen LogP contribution in [-0.2, 0) is 9.59 Å². The summed E-state index contributed by atoms with van der Waals surface area (Å²) in [5.74, 6) is -0.556. The maximum Gasteiger partial charge on any atom is 0.282 e. The highest BCUT2D eigenvalue weighted by molar-refractivity contribution is 7.11. The third kappa shape index (κ3) is 2.94. The van der Waals surface area contributed by atoms with Crippen LogP contribution in [0.4, 0.5) is 11.4 Å². The molecule has 5 heteroatoms. The van der Waals surface area contributed by atoms with Crippen LogP contribution in [0.5, 0.6) is 0 Å². The topological polar surface area (TPSA) is 40.6 Å². The normalized spacial score (nSPS) is 14.1. The first-order chi connectivity index (χ1) is 13.6. The van der Waals surface area contributed by atoms with Crippen molar-refractivity contribution in [3.05, 3.63) is 88.2 Å². The number of rotatable bonds is 5. The van der Waals surface area contributed by atoms with Gasteiger partial charge in [-0.05, 0) is 49.1 Å². The summed E-state index contributed by atoms with van der Waals surface area (Å²) in [7, 11) is 0. The quantitative estimate of drug-likeness (QED) is 0.586. The molecular formula is C23H20N2O2S. The zero-order valence-corrected chi connectivity index (χ0v) is 16.6. The molecule has 28 heavy (non-hydrogen) atoms. The van der Waals surface area contributed by atoms with E-state index in [4.69, 9.17) is 0 Å². The van der Waals surface area contributed by atoms with Gasteiger partial charge in [-0.25, -0.2) is 4.90 Å². The van der Waals surface area contributed by atoms with Crippen LogP contribution in [-0.4, -0.2) is 18.4 Å². The van der Waals surface area contributed by atoms with Crippen molar-refractivity contribution in [2.24, 2.45) is 0 Å². The summed E-state index contributed by atoms with van der Waals surface area (Å²) >= 11 is 1.47. The van der Waals surface area contributed by atoms with Gasteiger partial charge in [0.1, 0.15) is 5.70 Å². The Hall–Kier alpha value is -3.18. The number of likely N-dealkylation sites (N-methyl/N-ethyl adjacent to an activating group) is 1. The molecule has 0 fully saturated rings. The van der Waals surface area contributed by atoms with Crippen molar-refractivity contribution in [3.8, 4) is 0 Å². The van der Waals surface area contributed by atoms with E-state index < -0.39 is 0 Å². The summed E-state index contributed by atoms with van der Waals surface area (Å²) in [4.78, 5) is 31.1. The Morgan fingerprint density at radius 3 is 2.25 bits per heavy atom. The lowest BCUT2D eigenvalue weighted by atomic mass is 10.1. The Balaban J connectivity index is 1.90. The molecule has 3 aromatic rings. The number of para-hydroxylation sites is 2. The Bertz CT molecular complexity index is 1060. The molecule has 0 atom stereocenters. The molecule has 1 aliphatic heterocycles. The lowest BCUT2D eigenvalue weighted by Crippen LogP contribution is -2.35. The number of hydrogen-bond acceptors (Lipinski definition) is 4.